The molecule has 0 aliphatic carbocycles. The Hall–Kier alpha value is -1.12. The molecule has 1 aromatic heterocycles. The van der Waals surface area contributed by atoms with Crippen LogP contribution in [0.3, 0.4) is 0 Å². The summed E-state index contributed by atoms with van der Waals surface area (Å²) in [4.78, 5) is 0.871. The Labute approximate surface area is 138 Å². The van der Waals surface area contributed by atoms with E-state index in [0.717, 1.165) is 4.88 Å². The first-order valence-electron chi connectivity index (χ1n) is 6.48. The van der Waals surface area contributed by atoms with Crippen LogP contribution in [0.5, 0.6) is 5.75 Å². The van der Waals surface area contributed by atoms with Crippen molar-refractivity contribution < 1.29 is 18.3 Å². The predicted octanol–water partition coefficient (Wildman–Crippen LogP) is 2.81. The summed E-state index contributed by atoms with van der Waals surface area (Å²) in [5.74, 6) is 0.411. The lowest BCUT2D eigenvalue weighted by Crippen LogP contribution is -2.25. The van der Waals surface area contributed by atoms with Crippen molar-refractivity contribution in [1.82, 2.24) is 4.72 Å². The number of nitrogens with one attached hydrogen (secondary N) is 1. The van der Waals surface area contributed by atoms with Gasteiger partial charge in [-0.05, 0) is 36.1 Å². The van der Waals surface area contributed by atoms with Crippen molar-refractivity contribution in [1.29, 1.82) is 0 Å². The van der Waals surface area contributed by atoms with E-state index in [4.69, 9.17) is 16.3 Å². The fourth-order valence-electron chi connectivity index (χ4n) is 1.85. The normalized spacial score (nSPS) is 13.0. The number of methoxy groups -OCH3 is 1. The van der Waals surface area contributed by atoms with Crippen LogP contribution in [0.2, 0.25) is 5.02 Å². The highest BCUT2D eigenvalue weighted by Crippen LogP contribution is 2.27. The number of hydrogen-bond acceptors (Lipinski definition) is 5. The van der Waals surface area contributed by atoms with Gasteiger partial charge in [0, 0.05) is 11.4 Å². The molecule has 1 heterocycles. The van der Waals surface area contributed by atoms with Crippen molar-refractivity contribution >= 4 is 33.0 Å². The van der Waals surface area contributed by atoms with Crippen LogP contribution in [0, 0.1) is 0 Å². The maximum absolute atomic E-state index is 12.2. The molecule has 0 aliphatic rings. The zero-order valence-corrected chi connectivity index (χ0v) is 14.2. The van der Waals surface area contributed by atoms with Gasteiger partial charge < -0.3 is 9.84 Å². The summed E-state index contributed by atoms with van der Waals surface area (Å²) < 4.78 is 31.8. The van der Waals surface area contributed by atoms with Gasteiger partial charge in [-0.25, -0.2) is 13.1 Å². The van der Waals surface area contributed by atoms with Crippen LogP contribution in [-0.4, -0.2) is 27.2 Å². The maximum Gasteiger partial charge on any atom is 0.240 e. The van der Waals surface area contributed by atoms with Gasteiger partial charge >= 0.3 is 0 Å². The number of sulfonamides is 1. The topological polar surface area (TPSA) is 75.6 Å². The van der Waals surface area contributed by atoms with Gasteiger partial charge in [0.15, 0.2) is 0 Å². The Morgan fingerprint density at radius 1 is 1.41 bits per heavy atom. The van der Waals surface area contributed by atoms with Crippen LogP contribution in [-0.2, 0) is 10.0 Å². The van der Waals surface area contributed by atoms with Crippen LogP contribution in [0.15, 0.2) is 40.6 Å². The van der Waals surface area contributed by atoms with Gasteiger partial charge in [-0.1, -0.05) is 17.7 Å². The average molecular weight is 362 g/mol. The van der Waals surface area contributed by atoms with E-state index < -0.39 is 16.1 Å². The van der Waals surface area contributed by atoms with Gasteiger partial charge in [-0.2, -0.15) is 0 Å². The molecule has 0 amide bonds. The molecule has 0 radical (unpaired) electrons. The minimum absolute atomic E-state index is 0.0592. The minimum atomic E-state index is -3.67. The molecule has 8 heteroatoms. The first-order chi connectivity index (χ1) is 10.4. The quantitative estimate of drug-likeness (QED) is 0.795. The van der Waals surface area contributed by atoms with E-state index in [-0.39, 0.29) is 16.5 Å². The summed E-state index contributed by atoms with van der Waals surface area (Å²) in [6, 6.07) is 7.90. The van der Waals surface area contributed by atoms with Crippen molar-refractivity contribution in [3.05, 3.63) is 45.6 Å². The molecule has 2 rings (SSSR count). The zero-order chi connectivity index (χ0) is 16.2. The number of ether oxygens (including phenoxy) is 1. The number of hydrogen-bond donors (Lipinski definition) is 2. The molecule has 0 bridgehead atoms. The molecular formula is C14H16ClNO4S2. The van der Waals surface area contributed by atoms with E-state index in [1.165, 1.54) is 36.6 Å². The largest absolute Gasteiger partial charge is 0.495 e. The molecule has 2 N–H and O–H groups in total. The van der Waals surface area contributed by atoms with Crippen LogP contribution in [0.1, 0.15) is 17.4 Å². The van der Waals surface area contributed by atoms with Crippen LogP contribution in [0.4, 0.5) is 0 Å². The average Bonchev–Trinajstić information content (AvgIpc) is 3.01. The summed E-state index contributed by atoms with van der Waals surface area (Å²) in [5.41, 5.74) is 0. The van der Waals surface area contributed by atoms with Gasteiger partial charge in [0.25, 0.3) is 0 Å². The highest BCUT2D eigenvalue weighted by molar-refractivity contribution is 7.89. The van der Waals surface area contributed by atoms with Gasteiger partial charge in [-0.3, -0.25) is 0 Å². The minimum Gasteiger partial charge on any atom is -0.495 e. The summed E-state index contributed by atoms with van der Waals surface area (Å²) in [5, 5.41) is 12.0. The van der Waals surface area contributed by atoms with Crippen molar-refractivity contribution in [2.45, 2.75) is 17.4 Å². The Morgan fingerprint density at radius 3 is 2.77 bits per heavy atom. The summed E-state index contributed by atoms with van der Waals surface area (Å²) in [6.45, 7) is 0.130. The Balaban J connectivity index is 1.98. The molecular weight excluding hydrogens is 346 g/mol. The monoisotopic (exact) mass is 361 g/mol. The van der Waals surface area contributed by atoms with Crippen molar-refractivity contribution in [2.24, 2.45) is 0 Å². The fourth-order valence-corrected chi connectivity index (χ4v) is 3.99. The molecule has 1 aromatic carbocycles. The Morgan fingerprint density at radius 2 is 2.18 bits per heavy atom. The van der Waals surface area contributed by atoms with E-state index in [2.05, 4.69) is 4.72 Å². The molecule has 0 spiro atoms. The van der Waals surface area contributed by atoms with E-state index in [9.17, 15) is 13.5 Å². The van der Waals surface area contributed by atoms with Crippen molar-refractivity contribution in [2.75, 3.05) is 13.7 Å². The molecule has 0 saturated heterocycles. The number of rotatable bonds is 7. The third kappa shape index (κ3) is 4.21. The summed E-state index contributed by atoms with van der Waals surface area (Å²) in [7, 11) is -2.21. The molecule has 2 aromatic rings. The molecule has 0 fully saturated rings. The SMILES string of the molecule is COc1ccc(S(=O)(=O)NCC[C@@H](O)c2cccs2)cc1Cl. The van der Waals surface area contributed by atoms with E-state index in [0.29, 0.717) is 12.2 Å². The maximum atomic E-state index is 12.2. The molecule has 22 heavy (non-hydrogen) atoms. The van der Waals surface area contributed by atoms with Crippen molar-refractivity contribution in [3.8, 4) is 5.75 Å². The van der Waals surface area contributed by atoms with E-state index in [1.54, 1.807) is 0 Å². The molecule has 120 valence electrons. The standard InChI is InChI=1S/C14H16ClNO4S2/c1-20-13-5-4-10(9-11(13)15)22(18,19)16-7-6-12(17)14-3-2-8-21-14/h2-5,8-9,12,16-17H,6-7H2,1H3/t12-/m1/s1. The summed E-state index contributed by atoms with van der Waals surface area (Å²) in [6.07, 6.45) is -0.383. The second-order valence-electron chi connectivity index (χ2n) is 4.51. The molecule has 0 saturated carbocycles. The van der Waals surface area contributed by atoms with Crippen LogP contribution in [0.25, 0.3) is 0 Å². The van der Waals surface area contributed by atoms with Crippen molar-refractivity contribution in [3.63, 3.8) is 0 Å². The second-order valence-corrected chi connectivity index (χ2v) is 7.67. The third-order valence-corrected chi connectivity index (χ3v) is 5.74. The third-order valence-electron chi connectivity index (χ3n) is 3.02. The lowest BCUT2D eigenvalue weighted by molar-refractivity contribution is 0.173. The number of thiophene rings is 1. The summed E-state index contributed by atoms with van der Waals surface area (Å²) >= 11 is 7.36. The Bertz CT molecular complexity index is 716. The number of aliphatic hydroxyl groups is 1. The fraction of sp³-hybridized carbons (Fsp3) is 0.286. The number of aliphatic hydroxyl groups excluding tert-OH is 1. The highest BCUT2D eigenvalue weighted by Gasteiger charge is 2.17. The zero-order valence-electron chi connectivity index (χ0n) is 11.8. The highest BCUT2D eigenvalue weighted by atomic mass is 35.5. The second kappa shape index (κ2) is 7.43. The van der Waals surface area contributed by atoms with Gasteiger partial charge in [0.05, 0.1) is 23.1 Å². The van der Waals surface area contributed by atoms with Crippen LogP contribution < -0.4 is 9.46 Å². The Kier molecular flexibility index (Phi) is 5.82. The number of halogens is 1. The first-order valence-corrected chi connectivity index (χ1v) is 9.23. The van der Waals surface area contributed by atoms with Crippen LogP contribution >= 0.6 is 22.9 Å². The molecule has 0 aliphatic heterocycles. The lowest BCUT2D eigenvalue weighted by atomic mass is 10.2. The molecule has 5 nitrogen and oxygen atoms in total. The number of benzene rings is 1. The predicted molar refractivity (Wildman–Crippen MR) is 87.1 cm³/mol. The smallest absolute Gasteiger partial charge is 0.240 e. The molecule has 1 atom stereocenters. The van der Waals surface area contributed by atoms with Gasteiger partial charge in [0.2, 0.25) is 10.0 Å². The first kappa shape index (κ1) is 17.2. The lowest BCUT2D eigenvalue weighted by Gasteiger charge is -2.11. The molecule has 0 unspecified atom stereocenters. The van der Waals surface area contributed by atoms with Gasteiger partial charge in [-0.15, -0.1) is 11.3 Å². The van der Waals surface area contributed by atoms with Gasteiger partial charge in [0.1, 0.15) is 5.75 Å². The van der Waals surface area contributed by atoms with E-state index in [1.807, 2.05) is 17.5 Å². The van der Waals surface area contributed by atoms with E-state index >= 15 is 0 Å².